The number of benzene rings is 1. The number of hydrogen-bond acceptors (Lipinski definition) is 1. The van der Waals surface area contributed by atoms with Gasteiger partial charge in [0.2, 0.25) is 5.91 Å². The fourth-order valence-electron chi connectivity index (χ4n) is 3.00. The molecule has 21 heavy (non-hydrogen) atoms. The summed E-state index contributed by atoms with van der Waals surface area (Å²) >= 11 is 0. The summed E-state index contributed by atoms with van der Waals surface area (Å²) in [6, 6.07) is 8.74. The van der Waals surface area contributed by atoms with Crippen LogP contribution in [-0.2, 0) is 16.6 Å². The molecule has 1 atom stereocenters. The fraction of sp³-hybridized carbons (Fsp3) is 0.632. The third kappa shape index (κ3) is 4.59. The topological polar surface area (TPSA) is 20.3 Å². The largest absolute Gasteiger partial charge is 0.342 e. The van der Waals surface area contributed by atoms with Gasteiger partial charge >= 0.3 is 0 Å². The van der Waals surface area contributed by atoms with Crippen molar-refractivity contribution in [2.75, 3.05) is 13.1 Å². The highest BCUT2D eigenvalue weighted by Crippen LogP contribution is 2.23. The van der Waals surface area contributed by atoms with E-state index in [-0.39, 0.29) is 5.41 Å². The Morgan fingerprint density at radius 2 is 1.90 bits per heavy atom. The van der Waals surface area contributed by atoms with Crippen LogP contribution < -0.4 is 0 Å². The summed E-state index contributed by atoms with van der Waals surface area (Å²) in [7, 11) is 0. The van der Waals surface area contributed by atoms with E-state index < -0.39 is 0 Å². The maximum Gasteiger partial charge on any atom is 0.222 e. The normalized spacial score (nSPS) is 19.6. The molecule has 1 aromatic carbocycles. The fourth-order valence-corrected chi connectivity index (χ4v) is 3.00. The summed E-state index contributed by atoms with van der Waals surface area (Å²) in [5.41, 5.74) is 2.81. The molecule has 1 aliphatic heterocycles. The number of hydrogen-bond donors (Lipinski definition) is 0. The van der Waals surface area contributed by atoms with Crippen LogP contribution in [0.3, 0.4) is 0 Å². The molecule has 0 unspecified atom stereocenters. The minimum atomic E-state index is 0.193. The first-order chi connectivity index (χ1) is 9.86. The molecule has 0 bridgehead atoms. The van der Waals surface area contributed by atoms with Crippen LogP contribution in [0.2, 0.25) is 0 Å². The third-order valence-electron chi connectivity index (χ3n) is 4.46. The molecule has 1 saturated heterocycles. The number of nitrogens with zero attached hydrogens (tertiary/aromatic N) is 1. The second-order valence-electron chi connectivity index (χ2n) is 7.53. The van der Waals surface area contributed by atoms with Crippen molar-refractivity contribution < 1.29 is 4.79 Å². The van der Waals surface area contributed by atoms with Crippen molar-refractivity contribution in [1.82, 2.24) is 4.90 Å². The van der Waals surface area contributed by atoms with Crippen molar-refractivity contribution in [3.63, 3.8) is 0 Å². The quantitative estimate of drug-likeness (QED) is 0.817. The second kappa shape index (κ2) is 6.64. The number of carbonyl (C=O) groups is 1. The first kappa shape index (κ1) is 16.1. The van der Waals surface area contributed by atoms with Gasteiger partial charge < -0.3 is 4.90 Å². The highest BCUT2D eigenvalue weighted by molar-refractivity contribution is 5.76. The van der Waals surface area contributed by atoms with Crippen molar-refractivity contribution in [1.29, 1.82) is 0 Å². The summed E-state index contributed by atoms with van der Waals surface area (Å²) in [4.78, 5) is 14.3. The highest BCUT2D eigenvalue weighted by Gasteiger charge is 2.20. The van der Waals surface area contributed by atoms with Gasteiger partial charge in [0.1, 0.15) is 0 Å². The Morgan fingerprint density at radius 3 is 2.48 bits per heavy atom. The molecule has 0 radical (unpaired) electrons. The van der Waals surface area contributed by atoms with Gasteiger partial charge in [0.25, 0.3) is 0 Å². The molecule has 1 amide bonds. The number of rotatable bonds is 3. The Labute approximate surface area is 129 Å². The number of aryl methyl sites for hydroxylation is 1. The zero-order chi connectivity index (χ0) is 15.5. The van der Waals surface area contributed by atoms with Gasteiger partial charge in [0.15, 0.2) is 0 Å². The van der Waals surface area contributed by atoms with Gasteiger partial charge in [0, 0.05) is 19.5 Å². The molecular formula is C19H29NO. The van der Waals surface area contributed by atoms with E-state index in [0.717, 1.165) is 25.9 Å². The van der Waals surface area contributed by atoms with Crippen molar-refractivity contribution in [3.8, 4) is 0 Å². The molecule has 0 spiro atoms. The van der Waals surface area contributed by atoms with Crippen LogP contribution in [-0.4, -0.2) is 23.9 Å². The summed E-state index contributed by atoms with van der Waals surface area (Å²) < 4.78 is 0. The van der Waals surface area contributed by atoms with Crippen molar-refractivity contribution in [3.05, 3.63) is 35.4 Å². The Bertz CT molecular complexity index is 469. The predicted molar refractivity (Wildman–Crippen MR) is 88.4 cm³/mol. The van der Waals surface area contributed by atoms with E-state index in [4.69, 9.17) is 0 Å². The first-order valence-corrected chi connectivity index (χ1v) is 8.23. The second-order valence-corrected chi connectivity index (χ2v) is 7.53. The van der Waals surface area contributed by atoms with E-state index >= 15 is 0 Å². The average Bonchev–Trinajstić information content (AvgIpc) is 2.44. The molecule has 1 aromatic rings. The molecule has 0 aliphatic carbocycles. The van der Waals surface area contributed by atoms with Gasteiger partial charge in [-0.15, -0.1) is 0 Å². The summed E-state index contributed by atoms with van der Waals surface area (Å²) in [5.74, 6) is 0.982. The van der Waals surface area contributed by atoms with E-state index in [0.29, 0.717) is 18.2 Å². The molecule has 2 nitrogen and oxygen atoms in total. The minimum absolute atomic E-state index is 0.193. The van der Waals surface area contributed by atoms with Gasteiger partial charge in [-0.3, -0.25) is 4.79 Å². The Balaban J connectivity index is 1.86. The molecule has 1 aliphatic rings. The maximum atomic E-state index is 12.3. The monoisotopic (exact) mass is 287 g/mol. The SMILES string of the molecule is C[C@H]1CCCN(C(=O)CCc2ccc(C(C)(C)C)cc2)C1. The van der Waals surface area contributed by atoms with Gasteiger partial charge in [-0.05, 0) is 41.7 Å². The van der Waals surface area contributed by atoms with E-state index in [9.17, 15) is 4.79 Å². The zero-order valence-electron chi connectivity index (χ0n) is 14.0. The summed E-state index contributed by atoms with van der Waals surface area (Å²) in [6.45, 7) is 10.8. The van der Waals surface area contributed by atoms with E-state index in [1.807, 2.05) is 0 Å². The van der Waals surface area contributed by atoms with Crippen molar-refractivity contribution >= 4 is 5.91 Å². The maximum absolute atomic E-state index is 12.3. The minimum Gasteiger partial charge on any atom is -0.342 e. The zero-order valence-corrected chi connectivity index (χ0v) is 14.0. The smallest absolute Gasteiger partial charge is 0.222 e. The molecule has 1 heterocycles. The third-order valence-corrected chi connectivity index (χ3v) is 4.46. The van der Waals surface area contributed by atoms with Crippen LogP contribution in [0, 0.1) is 5.92 Å². The molecular weight excluding hydrogens is 258 g/mol. The van der Waals surface area contributed by atoms with Crippen LogP contribution in [0.1, 0.15) is 58.1 Å². The molecule has 0 saturated carbocycles. The van der Waals surface area contributed by atoms with Gasteiger partial charge in [-0.25, -0.2) is 0 Å². The standard InChI is InChI=1S/C19H29NO/c1-15-6-5-13-20(14-15)18(21)12-9-16-7-10-17(11-8-16)19(2,3)4/h7-8,10-11,15H,5-6,9,12-14H2,1-4H3/t15-/m0/s1. The molecule has 0 N–H and O–H groups in total. The summed E-state index contributed by atoms with van der Waals surface area (Å²) in [6.07, 6.45) is 3.92. The number of piperidine rings is 1. The highest BCUT2D eigenvalue weighted by atomic mass is 16.2. The van der Waals surface area contributed by atoms with E-state index in [1.165, 1.54) is 17.5 Å². The van der Waals surface area contributed by atoms with Gasteiger partial charge in [-0.1, -0.05) is 52.0 Å². The van der Waals surface area contributed by atoms with Crippen LogP contribution in [0.15, 0.2) is 24.3 Å². The van der Waals surface area contributed by atoms with Crippen LogP contribution in [0.4, 0.5) is 0 Å². The van der Waals surface area contributed by atoms with E-state index in [2.05, 4.69) is 56.9 Å². The first-order valence-electron chi connectivity index (χ1n) is 8.23. The molecule has 116 valence electrons. The lowest BCUT2D eigenvalue weighted by Gasteiger charge is -2.31. The molecule has 1 fully saturated rings. The Hall–Kier alpha value is -1.31. The lowest BCUT2D eigenvalue weighted by atomic mass is 9.86. The van der Waals surface area contributed by atoms with Crippen molar-refractivity contribution in [2.45, 2.75) is 58.8 Å². The Kier molecular flexibility index (Phi) is 5.08. The van der Waals surface area contributed by atoms with Gasteiger partial charge in [0.05, 0.1) is 0 Å². The van der Waals surface area contributed by atoms with Crippen molar-refractivity contribution in [2.24, 2.45) is 5.92 Å². The van der Waals surface area contributed by atoms with Crippen LogP contribution in [0.25, 0.3) is 0 Å². The lowest BCUT2D eigenvalue weighted by molar-refractivity contribution is -0.132. The predicted octanol–water partition coefficient (Wildman–Crippen LogP) is 4.18. The molecule has 2 heteroatoms. The van der Waals surface area contributed by atoms with Crippen LogP contribution in [0.5, 0.6) is 0 Å². The van der Waals surface area contributed by atoms with Crippen LogP contribution >= 0.6 is 0 Å². The molecule has 2 rings (SSSR count). The Morgan fingerprint density at radius 1 is 1.24 bits per heavy atom. The number of carbonyl (C=O) groups excluding carboxylic acids is 1. The number of likely N-dealkylation sites (tertiary alicyclic amines) is 1. The average molecular weight is 287 g/mol. The number of amides is 1. The van der Waals surface area contributed by atoms with Gasteiger partial charge in [-0.2, -0.15) is 0 Å². The lowest BCUT2D eigenvalue weighted by Crippen LogP contribution is -2.39. The molecule has 0 aromatic heterocycles. The van der Waals surface area contributed by atoms with E-state index in [1.54, 1.807) is 0 Å². The summed E-state index contributed by atoms with van der Waals surface area (Å²) in [5, 5.41) is 0.